The van der Waals surface area contributed by atoms with Crippen LogP contribution in [0.4, 0.5) is 5.69 Å². The van der Waals surface area contributed by atoms with E-state index in [1.807, 2.05) is 18.7 Å². The molecule has 0 heterocycles. The van der Waals surface area contributed by atoms with Crippen molar-refractivity contribution >= 4 is 24.1 Å². The number of anilines is 1. The third-order valence-corrected chi connectivity index (χ3v) is 3.23. The summed E-state index contributed by atoms with van der Waals surface area (Å²) < 4.78 is 16.0. The highest BCUT2D eigenvalue weighted by Gasteiger charge is 2.27. The van der Waals surface area contributed by atoms with Crippen LogP contribution in [0.25, 0.3) is 0 Å². The topological polar surface area (TPSA) is 68.2 Å². The van der Waals surface area contributed by atoms with Crippen LogP contribution >= 0.6 is 12.4 Å². The molecule has 0 aliphatic heterocycles. The van der Waals surface area contributed by atoms with Crippen LogP contribution in [-0.4, -0.2) is 45.5 Å². The first kappa shape index (κ1) is 20.2. The number of methoxy groups -OCH3 is 3. The Kier molecular flexibility index (Phi) is 8.48. The van der Waals surface area contributed by atoms with Gasteiger partial charge in [0, 0.05) is 19.2 Å². The van der Waals surface area contributed by atoms with E-state index in [0.29, 0.717) is 29.5 Å². The van der Waals surface area contributed by atoms with Crippen molar-refractivity contribution in [3.8, 4) is 17.2 Å². The first-order valence-corrected chi connectivity index (χ1v) is 6.86. The van der Waals surface area contributed by atoms with Crippen LogP contribution in [0.3, 0.4) is 0 Å². The van der Waals surface area contributed by atoms with Crippen molar-refractivity contribution in [2.45, 2.75) is 20.3 Å². The van der Waals surface area contributed by atoms with Gasteiger partial charge in [0.2, 0.25) is 5.75 Å². The maximum atomic E-state index is 11.6. The van der Waals surface area contributed by atoms with Crippen molar-refractivity contribution in [1.29, 1.82) is 0 Å². The highest BCUT2D eigenvalue weighted by Crippen LogP contribution is 2.46. The number of aromatic carboxylic acids is 1. The van der Waals surface area contributed by atoms with Crippen molar-refractivity contribution in [3.63, 3.8) is 0 Å². The summed E-state index contributed by atoms with van der Waals surface area (Å²) >= 11 is 0. The van der Waals surface area contributed by atoms with Gasteiger partial charge in [-0.1, -0.05) is 6.92 Å². The maximum Gasteiger partial charge on any atom is 0.338 e. The molecule has 0 aromatic heterocycles. The molecule has 1 aromatic carbocycles. The first-order valence-electron chi connectivity index (χ1n) is 6.86. The van der Waals surface area contributed by atoms with Crippen LogP contribution in [0.2, 0.25) is 0 Å². The lowest BCUT2D eigenvalue weighted by Gasteiger charge is -2.27. The maximum absolute atomic E-state index is 11.6. The van der Waals surface area contributed by atoms with Crippen LogP contribution in [0.15, 0.2) is 6.07 Å². The summed E-state index contributed by atoms with van der Waals surface area (Å²) in [4.78, 5) is 13.6. The smallest absolute Gasteiger partial charge is 0.338 e. The Balaban J connectivity index is 0.00000441. The van der Waals surface area contributed by atoms with Crippen molar-refractivity contribution in [2.24, 2.45) is 0 Å². The first-order chi connectivity index (χ1) is 10.0. The van der Waals surface area contributed by atoms with E-state index in [-0.39, 0.29) is 18.0 Å². The lowest BCUT2D eigenvalue weighted by molar-refractivity contribution is 0.0696. The third-order valence-electron chi connectivity index (χ3n) is 3.23. The Labute approximate surface area is 137 Å². The van der Waals surface area contributed by atoms with E-state index in [9.17, 15) is 9.90 Å². The second-order valence-corrected chi connectivity index (χ2v) is 4.43. The van der Waals surface area contributed by atoms with Crippen molar-refractivity contribution in [1.82, 2.24) is 0 Å². The molecule has 0 aliphatic carbocycles. The number of nitrogens with zero attached hydrogens (tertiary/aromatic N) is 1. The second kappa shape index (κ2) is 9.25. The summed E-state index contributed by atoms with van der Waals surface area (Å²) in [5, 5.41) is 9.50. The molecule has 0 spiro atoms. The Morgan fingerprint density at radius 1 is 1.14 bits per heavy atom. The van der Waals surface area contributed by atoms with E-state index in [0.717, 1.165) is 13.0 Å². The van der Waals surface area contributed by atoms with E-state index in [1.54, 1.807) is 0 Å². The molecule has 1 aromatic rings. The van der Waals surface area contributed by atoms with Gasteiger partial charge in [-0.25, -0.2) is 4.79 Å². The van der Waals surface area contributed by atoms with Crippen LogP contribution in [0, 0.1) is 0 Å². The summed E-state index contributed by atoms with van der Waals surface area (Å²) in [5.74, 6) is 0.0842. The van der Waals surface area contributed by atoms with E-state index in [2.05, 4.69) is 0 Å². The number of benzene rings is 1. The van der Waals surface area contributed by atoms with Crippen LogP contribution in [-0.2, 0) is 0 Å². The molecule has 6 nitrogen and oxygen atoms in total. The molecule has 0 radical (unpaired) electrons. The van der Waals surface area contributed by atoms with Crippen LogP contribution < -0.4 is 19.1 Å². The highest BCUT2D eigenvalue weighted by molar-refractivity contribution is 5.98. The average molecular weight is 334 g/mol. The van der Waals surface area contributed by atoms with Gasteiger partial charge in [-0.05, 0) is 13.3 Å². The number of hydrogen-bond acceptors (Lipinski definition) is 5. The molecule has 1 N–H and O–H groups in total. The van der Waals surface area contributed by atoms with Crippen molar-refractivity contribution < 1.29 is 24.1 Å². The van der Waals surface area contributed by atoms with Gasteiger partial charge in [0.15, 0.2) is 11.5 Å². The Morgan fingerprint density at radius 3 is 2.09 bits per heavy atom. The minimum absolute atomic E-state index is 0. The molecule has 0 fully saturated rings. The summed E-state index contributed by atoms with van der Waals surface area (Å²) in [6.45, 7) is 5.40. The number of carbonyl (C=O) groups is 1. The van der Waals surface area contributed by atoms with Gasteiger partial charge in [-0.15, -0.1) is 12.4 Å². The fourth-order valence-electron chi connectivity index (χ4n) is 2.32. The fraction of sp³-hybridized carbons (Fsp3) is 0.533. The minimum Gasteiger partial charge on any atom is -0.493 e. The largest absolute Gasteiger partial charge is 0.493 e. The lowest BCUT2D eigenvalue weighted by atomic mass is 10.1. The Hall–Kier alpha value is -1.82. The average Bonchev–Trinajstić information content (AvgIpc) is 2.50. The quantitative estimate of drug-likeness (QED) is 0.788. The molecule has 0 unspecified atom stereocenters. The molecule has 0 atom stereocenters. The monoisotopic (exact) mass is 333 g/mol. The summed E-state index contributed by atoms with van der Waals surface area (Å²) in [5.41, 5.74) is 0.659. The number of ether oxygens (including phenoxy) is 3. The predicted molar refractivity (Wildman–Crippen MR) is 88.5 cm³/mol. The number of hydrogen-bond donors (Lipinski definition) is 1. The number of carboxylic acids is 1. The van der Waals surface area contributed by atoms with Gasteiger partial charge >= 0.3 is 5.97 Å². The second-order valence-electron chi connectivity index (χ2n) is 4.43. The van der Waals surface area contributed by atoms with Gasteiger partial charge < -0.3 is 24.2 Å². The van der Waals surface area contributed by atoms with Gasteiger partial charge in [0.25, 0.3) is 0 Å². The van der Waals surface area contributed by atoms with Gasteiger partial charge in [0.05, 0.1) is 32.6 Å². The molecule has 0 saturated heterocycles. The lowest BCUT2D eigenvalue weighted by Crippen LogP contribution is -2.26. The molecule has 22 heavy (non-hydrogen) atoms. The summed E-state index contributed by atoms with van der Waals surface area (Å²) in [6, 6.07) is 1.47. The van der Waals surface area contributed by atoms with Gasteiger partial charge in [0.1, 0.15) is 0 Å². The van der Waals surface area contributed by atoms with E-state index >= 15 is 0 Å². The van der Waals surface area contributed by atoms with E-state index in [1.165, 1.54) is 27.4 Å². The zero-order chi connectivity index (χ0) is 16.0. The SMILES string of the molecule is CCCN(CC)c1c(C(=O)O)cc(OC)c(OC)c1OC.Cl. The molecule has 1 rings (SSSR count). The highest BCUT2D eigenvalue weighted by atomic mass is 35.5. The zero-order valence-electron chi connectivity index (χ0n) is 13.6. The van der Waals surface area contributed by atoms with Crippen molar-refractivity contribution in [2.75, 3.05) is 39.3 Å². The zero-order valence-corrected chi connectivity index (χ0v) is 14.5. The molecule has 0 amide bonds. The van der Waals surface area contributed by atoms with Gasteiger partial charge in [-0.2, -0.15) is 0 Å². The predicted octanol–water partition coefficient (Wildman–Crippen LogP) is 3.07. The minimum atomic E-state index is -1.03. The number of carboxylic acid groups (broad SMARTS) is 1. The molecule has 0 aliphatic rings. The fourth-order valence-corrected chi connectivity index (χ4v) is 2.32. The molecule has 126 valence electrons. The Bertz CT molecular complexity index is 507. The van der Waals surface area contributed by atoms with E-state index < -0.39 is 5.97 Å². The van der Waals surface area contributed by atoms with Crippen molar-refractivity contribution in [3.05, 3.63) is 11.6 Å². The van der Waals surface area contributed by atoms with Crippen LogP contribution in [0.1, 0.15) is 30.6 Å². The molecular formula is C15H24ClNO5. The number of halogens is 1. The van der Waals surface area contributed by atoms with Crippen LogP contribution in [0.5, 0.6) is 17.2 Å². The Morgan fingerprint density at radius 2 is 1.73 bits per heavy atom. The normalized spacial score (nSPS) is 9.68. The standard InChI is InChI=1S/C15H23NO5.ClH/c1-6-8-16(7-2)12-10(15(17)18)9-11(19-3)13(20-4)14(12)21-5;/h9H,6-8H2,1-5H3,(H,17,18);1H. The van der Waals surface area contributed by atoms with E-state index in [4.69, 9.17) is 14.2 Å². The molecular weight excluding hydrogens is 310 g/mol. The molecule has 7 heteroatoms. The molecule has 0 saturated carbocycles. The molecule has 0 bridgehead atoms. The third kappa shape index (κ3) is 3.88. The summed E-state index contributed by atoms with van der Waals surface area (Å²) in [7, 11) is 4.46. The summed E-state index contributed by atoms with van der Waals surface area (Å²) in [6.07, 6.45) is 0.893. The van der Waals surface area contributed by atoms with Gasteiger partial charge in [-0.3, -0.25) is 0 Å². The number of rotatable bonds is 8.